The largest absolute Gasteiger partial charge is 0.477 e. The maximum Gasteiger partial charge on any atom is 0.345 e. The Kier molecular flexibility index (Phi) is 3.67. The Balaban J connectivity index is 2.64. The summed E-state index contributed by atoms with van der Waals surface area (Å²) in [6, 6.07) is 1.65. The zero-order chi connectivity index (χ0) is 9.68. The van der Waals surface area contributed by atoms with E-state index in [2.05, 4.69) is 0 Å². The molecule has 0 aromatic carbocycles. The van der Waals surface area contributed by atoms with Gasteiger partial charge >= 0.3 is 5.97 Å². The van der Waals surface area contributed by atoms with Gasteiger partial charge < -0.3 is 10.8 Å². The number of nitrogens with two attached hydrogens (primary N) is 1. The van der Waals surface area contributed by atoms with E-state index in [0.29, 0.717) is 11.4 Å². The summed E-state index contributed by atoms with van der Waals surface area (Å²) in [5.41, 5.74) is 6.23. The molecule has 0 bridgehead atoms. The number of hydrogen-bond donors (Lipinski definition) is 2. The van der Waals surface area contributed by atoms with Gasteiger partial charge in [0.25, 0.3) is 0 Å². The van der Waals surface area contributed by atoms with Crippen molar-refractivity contribution in [1.82, 2.24) is 0 Å². The number of aromatic carboxylic acids is 1. The van der Waals surface area contributed by atoms with Crippen molar-refractivity contribution in [1.29, 1.82) is 0 Å². The van der Waals surface area contributed by atoms with Gasteiger partial charge in [-0.1, -0.05) is 12.2 Å². The van der Waals surface area contributed by atoms with E-state index in [0.717, 1.165) is 12.0 Å². The van der Waals surface area contributed by atoms with Crippen molar-refractivity contribution < 1.29 is 9.90 Å². The first-order valence-electron chi connectivity index (χ1n) is 3.92. The van der Waals surface area contributed by atoms with Crippen molar-refractivity contribution in [2.24, 2.45) is 5.73 Å². The number of carbonyl (C=O) groups is 1. The molecule has 0 aliphatic heterocycles. The summed E-state index contributed by atoms with van der Waals surface area (Å²) >= 11 is 1.23. The first kappa shape index (κ1) is 9.95. The molecule has 1 aromatic rings. The summed E-state index contributed by atoms with van der Waals surface area (Å²) in [5, 5.41) is 10.5. The molecule has 0 radical (unpaired) electrons. The second kappa shape index (κ2) is 4.79. The van der Waals surface area contributed by atoms with Gasteiger partial charge in [0.05, 0.1) is 0 Å². The van der Waals surface area contributed by atoms with Crippen LogP contribution >= 0.6 is 11.3 Å². The molecule has 0 saturated heterocycles. The second-order valence-electron chi connectivity index (χ2n) is 2.53. The van der Waals surface area contributed by atoms with Gasteiger partial charge in [0, 0.05) is 0 Å². The van der Waals surface area contributed by atoms with Crippen LogP contribution in [-0.4, -0.2) is 17.6 Å². The predicted molar refractivity (Wildman–Crippen MR) is 54.0 cm³/mol. The van der Waals surface area contributed by atoms with Gasteiger partial charge in [0.15, 0.2) is 0 Å². The van der Waals surface area contributed by atoms with Gasteiger partial charge in [-0.05, 0) is 30.0 Å². The summed E-state index contributed by atoms with van der Waals surface area (Å²) in [5.74, 6) is -0.872. The number of thiophene rings is 1. The lowest BCUT2D eigenvalue weighted by atomic mass is 10.2. The number of carboxylic acids is 1. The highest BCUT2D eigenvalue weighted by atomic mass is 32.1. The molecule has 1 aromatic heterocycles. The first-order chi connectivity index (χ1) is 6.24. The number of rotatable bonds is 4. The summed E-state index contributed by atoms with van der Waals surface area (Å²) in [6.07, 6.45) is 4.64. The van der Waals surface area contributed by atoms with Gasteiger partial charge in [-0.15, -0.1) is 11.3 Å². The summed E-state index contributed by atoms with van der Waals surface area (Å²) in [7, 11) is 0. The molecule has 0 atom stereocenters. The summed E-state index contributed by atoms with van der Waals surface area (Å²) in [4.78, 5) is 10.9. The van der Waals surface area contributed by atoms with E-state index in [1.165, 1.54) is 11.3 Å². The fourth-order valence-corrected chi connectivity index (χ4v) is 1.58. The molecule has 0 fully saturated rings. The third-order valence-corrected chi connectivity index (χ3v) is 2.41. The van der Waals surface area contributed by atoms with Crippen molar-refractivity contribution >= 4 is 23.4 Å². The Morgan fingerprint density at radius 1 is 1.69 bits per heavy atom. The second-order valence-corrected chi connectivity index (χ2v) is 3.44. The van der Waals surface area contributed by atoms with E-state index in [4.69, 9.17) is 10.8 Å². The molecule has 0 aliphatic carbocycles. The lowest BCUT2D eigenvalue weighted by Gasteiger charge is -1.84. The Hall–Kier alpha value is -1.13. The molecule has 3 nitrogen and oxygen atoms in total. The van der Waals surface area contributed by atoms with Gasteiger partial charge in [-0.2, -0.15) is 0 Å². The number of carboxylic acid groups (broad SMARTS) is 1. The minimum atomic E-state index is -0.872. The van der Waals surface area contributed by atoms with Crippen LogP contribution in [0.1, 0.15) is 21.7 Å². The van der Waals surface area contributed by atoms with E-state index in [9.17, 15) is 4.79 Å². The molecule has 70 valence electrons. The molecule has 0 amide bonds. The topological polar surface area (TPSA) is 63.3 Å². The third-order valence-electron chi connectivity index (χ3n) is 1.47. The van der Waals surface area contributed by atoms with Crippen LogP contribution in [0, 0.1) is 0 Å². The molecule has 0 spiro atoms. The number of hydrogen-bond acceptors (Lipinski definition) is 3. The van der Waals surface area contributed by atoms with Crippen LogP contribution < -0.4 is 5.73 Å². The fourth-order valence-electron chi connectivity index (χ4n) is 0.866. The van der Waals surface area contributed by atoms with Gasteiger partial charge in [0.2, 0.25) is 0 Å². The average molecular weight is 197 g/mol. The molecule has 0 saturated carbocycles. The smallest absolute Gasteiger partial charge is 0.345 e. The van der Waals surface area contributed by atoms with Crippen LogP contribution in [0.5, 0.6) is 0 Å². The highest BCUT2D eigenvalue weighted by molar-refractivity contribution is 7.12. The molecular formula is C9H11NO2S. The average Bonchev–Trinajstić information content (AvgIpc) is 2.53. The molecule has 1 heterocycles. The lowest BCUT2D eigenvalue weighted by Crippen LogP contribution is -1.94. The zero-order valence-corrected chi connectivity index (χ0v) is 7.88. The maximum absolute atomic E-state index is 10.5. The van der Waals surface area contributed by atoms with Crippen LogP contribution in [0.3, 0.4) is 0 Å². The lowest BCUT2D eigenvalue weighted by molar-refractivity contribution is 0.0702. The molecular weight excluding hydrogens is 186 g/mol. The van der Waals surface area contributed by atoms with Crippen LogP contribution in [-0.2, 0) is 0 Å². The van der Waals surface area contributed by atoms with E-state index in [1.54, 1.807) is 6.07 Å². The summed E-state index contributed by atoms with van der Waals surface area (Å²) < 4.78 is 0. The molecule has 1 rings (SSSR count). The van der Waals surface area contributed by atoms with Crippen LogP contribution in [0.25, 0.3) is 6.08 Å². The Morgan fingerprint density at radius 2 is 2.46 bits per heavy atom. The summed E-state index contributed by atoms with van der Waals surface area (Å²) in [6.45, 7) is 0.617. The van der Waals surface area contributed by atoms with Crippen molar-refractivity contribution in [2.75, 3.05) is 6.54 Å². The third kappa shape index (κ3) is 3.01. The van der Waals surface area contributed by atoms with Crippen molar-refractivity contribution in [3.63, 3.8) is 0 Å². The molecule has 0 unspecified atom stereocenters. The van der Waals surface area contributed by atoms with Crippen molar-refractivity contribution in [3.8, 4) is 0 Å². The standard InChI is InChI=1S/C9H11NO2S/c10-4-2-1-3-7-5-8(9(11)12)13-6-7/h1,3,5-6H,2,4,10H2,(H,11,12). The zero-order valence-electron chi connectivity index (χ0n) is 7.06. The molecule has 13 heavy (non-hydrogen) atoms. The normalized spacial score (nSPS) is 10.8. The van der Waals surface area contributed by atoms with Crippen molar-refractivity contribution in [2.45, 2.75) is 6.42 Å². The van der Waals surface area contributed by atoms with Gasteiger partial charge in [0.1, 0.15) is 4.88 Å². The van der Waals surface area contributed by atoms with Crippen molar-refractivity contribution in [3.05, 3.63) is 28.0 Å². The Bertz CT molecular complexity index is 317. The maximum atomic E-state index is 10.5. The van der Waals surface area contributed by atoms with Gasteiger partial charge in [-0.25, -0.2) is 4.79 Å². The highest BCUT2D eigenvalue weighted by Gasteiger charge is 2.04. The SMILES string of the molecule is NCCC=Cc1csc(C(=O)O)c1. The predicted octanol–water partition coefficient (Wildman–Crippen LogP) is 1.81. The van der Waals surface area contributed by atoms with Crippen LogP contribution in [0.2, 0.25) is 0 Å². The Morgan fingerprint density at radius 3 is 3.00 bits per heavy atom. The van der Waals surface area contributed by atoms with E-state index in [-0.39, 0.29) is 0 Å². The van der Waals surface area contributed by atoms with E-state index >= 15 is 0 Å². The molecule has 3 N–H and O–H groups in total. The minimum absolute atomic E-state index is 0.368. The van der Waals surface area contributed by atoms with Gasteiger partial charge in [-0.3, -0.25) is 0 Å². The first-order valence-corrected chi connectivity index (χ1v) is 4.80. The monoisotopic (exact) mass is 197 g/mol. The Labute approximate surface area is 80.5 Å². The van der Waals surface area contributed by atoms with Crippen LogP contribution in [0.15, 0.2) is 17.5 Å². The minimum Gasteiger partial charge on any atom is -0.477 e. The highest BCUT2D eigenvalue weighted by Crippen LogP contribution is 2.15. The van der Waals surface area contributed by atoms with E-state index < -0.39 is 5.97 Å². The molecule has 4 heteroatoms. The fraction of sp³-hybridized carbons (Fsp3) is 0.222. The van der Waals surface area contributed by atoms with Crippen LogP contribution in [0.4, 0.5) is 0 Å². The molecule has 0 aliphatic rings. The quantitative estimate of drug-likeness (QED) is 0.773. The van der Waals surface area contributed by atoms with E-state index in [1.807, 2.05) is 17.5 Å².